The van der Waals surface area contributed by atoms with Gasteiger partial charge in [0, 0.05) is 0 Å². The zero-order valence-corrected chi connectivity index (χ0v) is 14.4. The lowest BCUT2D eigenvalue weighted by Crippen LogP contribution is -2.17. The van der Waals surface area contributed by atoms with Crippen molar-refractivity contribution in [2.24, 2.45) is 4.99 Å². The molecule has 0 aliphatic heterocycles. The van der Waals surface area contributed by atoms with Gasteiger partial charge in [-0.2, -0.15) is 4.99 Å². The van der Waals surface area contributed by atoms with Gasteiger partial charge in [-0.3, -0.25) is 4.79 Å². The summed E-state index contributed by atoms with van der Waals surface area (Å²) in [6.45, 7) is 0.132. The summed E-state index contributed by atoms with van der Waals surface area (Å²) in [7, 11) is 0. The lowest BCUT2D eigenvalue weighted by atomic mass is 10.3. The first-order chi connectivity index (χ1) is 12.2. The van der Waals surface area contributed by atoms with E-state index in [1.807, 2.05) is 24.3 Å². The molecule has 25 heavy (non-hydrogen) atoms. The van der Waals surface area contributed by atoms with Crippen molar-refractivity contribution in [1.82, 2.24) is 9.55 Å². The van der Waals surface area contributed by atoms with E-state index in [2.05, 4.69) is 15.9 Å². The summed E-state index contributed by atoms with van der Waals surface area (Å²) >= 11 is 2.51. The van der Waals surface area contributed by atoms with Crippen molar-refractivity contribution in [3.05, 3.63) is 58.1 Å². The Kier molecular flexibility index (Phi) is 3.92. The van der Waals surface area contributed by atoms with Gasteiger partial charge in [-0.05, 0) is 24.3 Å². The van der Waals surface area contributed by atoms with Crippen LogP contribution >= 0.6 is 22.7 Å². The van der Waals surface area contributed by atoms with Gasteiger partial charge in [0.2, 0.25) is 0 Å². The van der Waals surface area contributed by atoms with Gasteiger partial charge in [0.05, 0.1) is 27.0 Å². The molecule has 0 saturated carbocycles. The maximum absolute atomic E-state index is 14.2. The first-order valence-corrected chi connectivity index (χ1v) is 8.96. The van der Waals surface area contributed by atoms with Crippen LogP contribution < -0.4 is 4.80 Å². The molecule has 0 atom stereocenters. The van der Waals surface area contributed by atoms with Crippen molar-refractivity contribution in [3.8, 4) is 12.3 Å². The van der Waals surface area contributed by atoms with Crippen molar-refractivity contribution >= 4 is 49.0 Å². The van der Waals surface area contributed by atoms with Crippen LogP contribution in [0.25, 0.3) is 20.4 Å². The van der Waals surface area contributed by atoms with E-state index in [1.165, 1.54) is 28.7 Å². The fourth-order valence-corrected chi connectivity index (χ4v) is 4.40. The van der Waals surface area contributed by atoms with E-state index < -0.39 is 11.7 Å². The number of amides is 1. The van der Waals surface area contributed by atoms with E-state index in [1.54, 1.807) is 16.7 Å². The van der Waals surface area contributed by atoms with Gasteiger partial charge in [-0.1, -0.05) is 35.5 Å². The van der Waals surface area contributed by atoms with Crippen LogP contribution in [0, 0.1) is 18.2 Å². The summed E-state index contributed by atoms with van der Waals surface area (Å²) < 4.78 is 17.3. The quantitative estimate of drug-likeness (QED) is 0.506. The molecule has 0 bridgehead atoms. The molecule has 2 heterocycles. The zero-order valence-electron chi connectivity index (χ0n) is 12.8. The van der Waals surface area contributed by atoms with Crippen molar-refractivity contribution in [3.63, 3.8) is 0 Å². The van der Waals surface area contributed by atoms with Crippen LogP contribution in [0.1, 0.15) is 9.80 Å². The zero-order chi connectivity index (χ0) is 17.4. The van der Waals surface area contributed by atoms with Gasteiger partial charge in [-0.15, -0.1) is 17.8 Å². The van der Waals surface area contributed by atoms with E-state index in [0.29, 0.717) is 20.0 Å². The molecule has 0 aliphatic rings. The average molecular weight is 367 g/mol. The Morgan fingerprint density at radius 1 is 1.20 bits per heavy atom. The number of terminal acetylenes is 1. The monoisotopic (exact) mass is 367 g/mol. The van der Waals surface area contributed by atoms with E-state index in [0.717, 1.165) is 10.2 Å². The Bertz CT molecular complexity index is 1190. The number of thiazole rings is 2. The number of halogens is 1. The van der Waals surface area contributed by atoms with E-state index in [9.17, 15) is 9.18 Å². The molecular weight excluding hydrogens is 357 g/mol. The number of para-hydroxylation sites is 2. The van der Waals surface area contributed by atoms with Crippen LogP contribution in [0.3, 0.4) is 0 Å². The Labute approximate surface area is 149 Å². The molecule has 0 radical (unpaired) electrons. The van der Waals surface area contributed by atoms with Gasteiger partial charge in [0.25, 0.3) is 0 Å². The van der Waals surface area contributed by atoms with E-state index >= 15 is 0 Å². The molecule has 4 aromatic rings. The number of hydrogen-bond donors (Lipinski definition) is 0. The first kappa shape index (κ1) is 15.7. The minimum absolute atomic E-state index is 0.132. The second-order valence-electron chi connectivity index (χ2n) is 5.17. The van der Waals surface area contributed by atoms with Gasteiger partial charge in [0.15, 0.2) is 9.81 Å². The van der Waals surface area contributed by atoms with Crippen molar-refractivity contribution in [2.75, 3.05) is 0 Å². The Morgan fingerprint density at radius 3 is 2.80 bits per heavy atom. The fraction of sp³-hybridized carbons (Fsp3) is 0.0556. The molecule has 4 rings (SSSR count). The Hall–Kier alpha value is -2.82. The lowest BCUT2D eigenvalue weighted by molar-refractivity contribution is 0.0997. The van der Waals surface area contributed by atoms with Crippen LogP contribution in [-0.2, 0) is 6.54 Å². The van der Waals surface area contributed by atoms with Crippen LogP contribution in [-0.4, -0.2) is 15.5 Å². The SMILES string of the molecule is C#CCn1c(=NC(=O)c2nc3ccccc3s2)sc2cccc(F)c21. The second-order valence-corrected chi connectivity index (χ2v) is 7.20. The van der Waals surface area contributed by atoms with Gasteiger partial charge >= 0.3 is 5.91 Å². The minimum Gasteiger partial charge on any atom is -0.302 e. The molecule has 0 spiro atoms. The molecule has 0 N–H and O–H groups in total. The largest absolute Gasteiger partial charge is 0.308 e. The van der Waals surface area contributed by atoms with E-state index in [4.69, 9.17) is 6.42 Å². The lowest BCUT2D eigenvalue weighted by Gasteiger charge is -2.00. The highest BCUT2D eigenvalue weighted by atomic mass is 32.1. The predicted molar refractivity (Wildman–Crippen MR) is 98.1 cm³/mol. The van der Waals surface area contributed by atoms with Crippen molar-refractivity contribution in [1.29, 1.82) is 0 Å². The summed E-state index contributed by atoms with van der Waals surface area (Å²) in [5, 5.41) is 0.298. The predicted octanol–water partition coefficient (Wildman–Crippen LogP) is 3.83. The van der Waals surface area contributed by atoms with Crippen LogP contribution in [0.4, 0.5) is 4.39 Å². The molecule has 0 saturated heterocycles. The molecule has 0 fully saturated rings. The summed E-state index contributed by atoms with van der Waals surface area (Å²) in [4.78, 5) is 21.4. The Balaban J connectivity index is 1.88. The van der Waals surface area contributed by atoms with Gasteiger partial charge in [-0.25, -0.2) is 9.37 Å². The third-order valence-corrected chi connectivity index (χ3v) is 5.64. The molecule has 0 aliphatic carbocycles. The van der Waals surface area contributed by atoms with Crippen molar-refractivity contribution in [2.45, 2.75) is 6.54 Å². The van der Waals surface area contributed by atoms with Gasteiger partial charge < -0.3 is 4.57 Å². The molecule has 1 amide bonds. The number of carbonyl (C=O) groups excluding carboxylic acids is 1. The van der Waals surface area contributed by atoms with Crippen LogP contribution in [0.5, 0.6) is 0 Å². The first-order valence-electron chi connectivity index (χ1n) is 7.33. The summed E-state index contributed by atoms with van der Waals surface area (Å²) in [6, 6.07) is 12.3. The molecule has 122 valence electrons. The standard InChI is InChI=1S/C18H10FN3OS2/c1-2-10-22-15-11(19)6-5-9-14(15)25-18(22)21-16(23)17-20-12-7-3-4-8-13(12)24-17/h1,3-9H,10H2. The molecule has 7 heteroatoms. The fourth-order valence-electron chi connectivity index (χ4n) is 2.51. The van der Waals surface area contributed by atoms with Crippen LogP contribution in [0.2, 0.25) is 0 Å². The molecule has 2 aromatic heterocycles. The van der Waals surface area contributed by atoms with Gasteiger partial charge in [0.1, 0.15) is 5.82 Å². The summed E-state index contributed by atoms with van der Waals surface area (Å²) in [5.41, 5.74) is 1.12. The summed E-state index contributed by atoms with van der Waals surface area (Å²) in [5.74, 6) is 1.63. The third-order valence-electron chi connectivity index (χ3n) is 3.58. The normalized spacial score (nSPS) is 11.9. The maximum Gasteiger partial charge on any atom is 0.308 e. The maximum atomic E-state index is 14.2. The number of rotatable bonds is 2. The molecule has 2 aromatic carbocycles. The minimum atomic E-state index is -0.459. The molecular formula is C18H10FN3OS2. The highest BCUT2D eigenvalue weighted by Crippen LogP contribution is 2.23. The van der Waals surface area contributed by atoms with Crippen LogP contribution in [0.15, 0.2) is 47.5 Å². The average Bonchev–Trinajstić information content (AvgIpc) is 3.18. The number of hydrogen-bond acceptors (Lipinski definition) is 4. The number of aromatic nitrogens is 2. The third kappa shape index (κ3) is 2.76. The smallest absolute Gasteiger partial charge is 0.302 e. The highest BCUT2D eigenvalue weighted by molar-refractivity contribution is 7.20. The number of benzene rings is 2. The molecule has 0 unspecified atom stereocenters. The topological polar surface area (TPSA) is 47.2 Å². The van der Waals surface area contributed by atoms with E-state index in [-0.39, 0.29) is 6.54 Å². The number of carbonyl (C=O) groups is 1. The second kappa shape index (κ2) is 6.24. The number of fused-ring (bicyclic) bond motifs is 2. The Morgan fingerprint density at radius 2 is 2.00 bits per heavy atom. The summed E-state index contributed by atoms with van der Waals surface area (Å²) in [6.07, 6.45) is 5.40. The van der Waals surface area contributed by atoms with Crippen molar-refractivity contribution < 1.29 is 9.18 Å². The number of nitrogens with zero attached hydrogens (tertiary/aromatic N) is 3. The highest BCUT2D eigenvalue weighted by Gasteiger charge is 2.14. The molecule has 4 nitrogen and oxygen atoms in total.